The molecule has 24 heavy (non-hydrogen) atoms. The maximum absolute atomic E-state index is 4.76. The van der Waals surface area contributed by atoms with Gasteiger partial charge in [-0.2, -0.15) is 5.10 Å². The van der Waals surface area contributed by atoms with Gasteiger partial charge in [0.05, 0.1) is 18.4 Å². The number of hydrogen-bond acceptors (Lipinski definition) is 6. The number of aryl methyl sites for hydroxylation is 1. The highest BCUT2D eigenvalue weighted by atomic mass is 32.1. The molecule has 0 atom stereocenters. The summed E-state index contributed by atoms with van der Waals surface area (Å²) >= 11 is 1.67. The molecule has 126 valence electrons. The number of thiazole rings is 1. The topological polar surface area (TPSA) is 64.7 Å². The van der Waals surface area contributed by atoms with E-state index in [1.165, 1.54) is 0 Å². The van der Waals surface area contributed by atoms with Gasteiger partial charge in [0.15, 0.2) is 0 Å². The molecule has 4 rings (SSSR count). The molecule has 3 aromatic rings. The van der Waals surface area contributed by atoms with E-state index in [0.29, 0.717) is 5.92 Å². The van der Waals surface area contributed by atoms with E-state index in [1.807, 2.05) is 19.4 Å². The lowest BCUT2D eigenvalue weighted by molar-refractivity contribution is 0.205. The molecule has 0 bridgehead atoms. The van der Waals surface area contributed by atoms with Crippen LogP contribution in [0.25, 0.3) is 10.6 Å². The third-order valence-electron chi connectivity index (χ3n) is 4.27. The average molecular weight is 343 g/mol. The fourth-order valence-corrected chi connectivity index (χ4v) is 3.85. The first-order valence-corrected chi connectivity index (χ1v) is 9.06. The first-order chi connectivity index (χ1) is 11.6. The second-order valence-corrected chi connectivity index (χ2v) is 7.40. The smallest absolute Gasteiger partial charge is 0.147 e. The Morgan fingerprint density at radius 3 is 2.88 bits per heavy atom. The highest BCUT2D eigenvalue weighted by Gasteiger charge is 2.23. The first-order valence-electron chi connectivity index (χ1n) is 8.18. The monoisotopic (exact) mass is 343 g/mol. The number of fused-ring (bicyclic) bond motifs is 1. The predicted molar refractivity (Wildman–Crippen MR) is 92.5 cm³/mol. The Bertz CT molecular complexity index is 844. The zero-order chi connectivity index (χ0) is 16.7. The summed E-state index contributed by atoms with van der Waals surface area (Å²) in [6.45, 7) is 7.97. The van der Waals surface area contributed by atoms with Crippen molar-refractivity contribution in [2.45, 2.75) is 39.4 Å². The summed E-state index contributed by atoms with van der Waals surface area (Å²) in [4.78, 5) is 7.14. The summed E-state index contributed by atoms with van der Waals surface area (Å²) in [5.74, 6) is 2.57. The van der Waals surface area contributed by atoms with Crippen LogP contribution in [0.4, 0.5) is 0 Å². The largest absolute Gasteiger partial charge is 0.312 e. The van der Waals surface area contributed by atoms with Crippen LogP contribution in [0, 0.1) is 0 Å². The Kier molecular flexibility index (Phi) is 3.93. The Labute approximate surface area is 145 Å². The van der Waals surface area contributed by atoms with Crippen molar-refractivity contribution in [3.8, 4) is 10.6 Å². The molecule has 3 aromatic heterocycles. The van der Waals surface area contributed by atoms with Crippen LogP contribution in [0.15, 0.2) is 17.8 Å². The Hall–Kier alpha value is -2.06. The van der Waals surface area contributed by atoms with Gasteiger partial charge in [0, 0.05) is 49.7 Å². The molecular weight excluding hydrogens is 322 g/mol. The second kappa shape index (κ2) is 6.10. The van der Waals surface area contributed by atoms with Gasteiger partial charge >= 0.3 is 0 Å². The third-order valence-corrected chi connectivity index (χ3v) is 5.21. The van der Waals surface area contributed by atoms with Crippen LogP contribution in [0.5, 0.6) is 0 Å². The molecule has 0 saturated carbocycles. The molecule has 4 heterocycles. The van der Waals surface area contributed by atoms with Crippen molar-refractivity contribution in [3.05, 3.63) is 35.1 Å². The Morgan fingerprint density at radius 1 is 1.25 bits per heavy atom. The molecule has 0 aliphatic carbocycles. The van der Waals surface area contributed by atoms with E-state index in [2.05, 4.69) is 44.0 Å². The molecule has 8 heteroatoms. The third kappa shape index (κ3) is 2.87. The average Bonchev–Trinajstić information content (AvgIpc) is 3.25. The van der Waals surface area contributed by atoms with Crippen LogP contribution in [-0.4, -0.2) is 41.0 Å². The highest BCUT2D eigenvalue weighted by Crippen LogP contribution is 2.25. The molecule has 1 aliphatic rings. The van der Waals surface area contributed by atoms with Crippen molar-refractivity contribution in [3.63, 3.8) is 0 Å². The molecule has 0 N–H and O–H groups in total. The Balaban J connectivity index is 1.46. The van der Waals surface area contributed by atoms with Gasteiger partial charge in [-0.25, -0.2) is 4.98 Å². The van der Waals surface area contributed by atoms with E-state index in [9.17, 15) is 0 Å². The van der Waals surface area contributed by atoms with E-state index >= 15 is 0 Å². The van der Waals surface area contributed by atoms with Crippen molar-refractivity contribution < 1.29 is 0 Å². The molecule has 0 fully saturated rings. The maximum Gasteiger partial charge on any atom is 0.147 e. The van der Waals surface area contributed by atoms with Gasteiger partial charge in [0.1, 0.15) is 16.7 Å². The fourth-order valence-electron chi connectivity index (χ4n) is 3.07. The van der Waals surface area contributed by atoms with Crippen LogP contribution in [-0.2, 0) is 26.7 Å². The van der Waals surface area contributed by atoms with Gasteiger partial charge in [-0.05, 0) is 0 Å². The van der Waals surface area contributed by atoms with Crippen molar-refractivity contribution in [1.29, 1.82) is 0 Å². The molecule has 0 radical (unpaired) electrons. The van der Waals surface area contributed by atoms with Crippen molar-refractivity contribution in [2.24, 2.45) is 7.05 Å². The number of aromatic nitrogens is 6. The Morgan fingerprint density at radius 2 is 2.12 bits per heavy atom. The molecule has 0 saturated heterocycles. The van der Waals surface area contributed by atoms with Crippen molar-refractivity contribution in [2.75, 3.05) is 6.54 Å². The van der Waals surface area contributed by atoms with Gasteiger partial charge < -0.3 is 4.57 Å². The fraction of sp³-hybridized carbons (Fsp3) is 0.500. The normalized spacial score (nSPS) is 15.2. The number of nitrogens with zero attached hydrogens (tertiary/aromatic N) is 7. The molecular formula is C16H21N7S. The number of hydrogen-bond donors (Lipinski definition) is 0. The molecule has 7 nitrogen and oxygen atoms in total. The minimum Gasteiger partial charge on any atom is -0.312 e. The summed E-state index contributed by atoms with van der Waals surface area (Å²) in [5, 5.41) is 16.1. The lowest BCUT2D eigenvalue weighted by Gasteiger charge is -2.27. The second-order valence-electron chi connectivity index (χ2n) is 6.54. The summed E-state index contributed by atoms with van der Waals surface area (Å²) in [5.41, 5.74) is 2.18. The van der Waals surface area contributed by atoms with Crippen molar-refractivity contribution in [1.82, 2.24) is 34.4 Å². The minimum atomic E-state index is 0.415. The standard InChI is InChI=1S/C16H21N7S/c1-11(2)15-20-19-14-9-22(4-5-23(14)15)8-13-10-24-16(18-13)12-6-17-21(3)7-12/h6-7,10-11H,4-5,8-9H2,1-3H3. The summed E-state index contributed by atoms with van der Waals surface area (Å²) in [7, 11) is 1.92. The van der Waals surface area contributed by atoms with Gasteiger partial charge in [-0.3, -0.25) is 9.58 Å². The van der Waals surface area contributed by atoms with Gasteiger partial charge in [-0.1, -0.05) is 13.8 Å². The van der Waals surface area contributed by atoms with Crippen LogP contribution in [0.3, 0.4) is 0 Å². The molecule has 0 unspecified atom stereocenters. The zero-order valence-electron chi connectivity index (χ0n) is 14.2. The van der Waals surface area contributed by atoms with E-state index < -0.39 is 0 Å². The van der Waals surface area contributed by atoms with Crippen LogP contribution in [0.2, 0.25) is 0 Å². The van der Waals surface area contributed by atoms with E-state index in [4.69, 9.17) is 4.98 Å². The SMILES string of the molecule is CC(C)c1nnc2n1CCN(Cc1csc(-c3cnn(C)c3)n1)C2. The molecule has 0 spiro atoms. The van der Waals surface area contributed by atoms with Crippen molar-refractivity contribution >= 4 is 11.3 Å². The molecule has 0 aromatic carbocycles. The number of rotatable bonds is 4. The van der Waals surface area contributed by atoms with Gasteiger partial charge in [0.2, 0.25) is 0 Å². The van der Waals surface area contributed by atoms with E-state index in [0.717, 1.165) is 54.1 Å². The molecule has 0 amide bonds. The maximum atomic E-state index is 4.76. The lowest BCUT2D eigenvalue weighted by atomic mass is 10.2. The summed E-state index contributed by atoms with van der Waals surface area (Å²) in [6, 6.07) is 0. The lowest BCUT2D eigenvalue weighted by Crippen LogP contribution is -2.34. The summed E-state index contributed by atoms with van der Waals surface area (Å²) < 4.78 is 4.07. The minimum absolute atomic E-state index is 0.415. The predicted octanol–water partition coefficient (Wildman–Crippen LogP) is 2.27. The van der Waals surface area contributed by atoms with E-state index in [-0.39, 0.29) is 0 Å². The van der Waals surface area contributed by atoms with Crippen LogP contribution in [0.1, 0.15) is 37.1 Å². The summed E-state index contributed by atoms with van der Waals surface area (Å²) in [6.07, 6.45) is 3.86. The van der Waals surface area contributed by atoms with Crippen LogP contribution < -0.4 is 0 Å². The van der Waals surface area contributed by atoms with E-state index in [1.54, 1.807) is 16.0 Å². The zero-order valence-corrected chi connectivity index (χ0v) is 15.0. The first kappa shape index (κ1) is 15.5. The van der Waals surface area contributed by atoms with Gasteiger partial charge in [-0.15, -0.1) is 21.5 Å². The highest BCUT2D eigenvalue weighted by molar-refractivity contribution is 7.13. The molecule has 1 aliphatic heterocycles. The van der Waals surface area contributed by atoms with Gasteiger partial charge in [0.25, 0.3) is 0 Å². The van der Waals surface area contributed by atoms with Crippen LogP contribution >= 0.6 is 11.3 Å². The quantitative estimate of drug-likeness (QED) is 0.727.